The predicted octanol–water partition coefficient (Wildman–Crippen LogP) is 1.53. The zero-order valence-corrected chi connectivity index (χ0v) is 19.7. The molecular formula is C22H42N6O2. The maximum absolute atomic E-state index is 12.4. The van der Waals surface area contributed by atoms with Crippen molar-refractivity contribution in [3.8, 4) is 0 Å². The standard InChI is InChI=1S/C22H42N6O2/c1-6-26(21(29)30-22(2,3)4)16-18-7-9-28(10-8-18)20(23-5)24-15-19-17-25-11-13-27(19)14-12-25/h18-19H,6-17H2,1-5H3,(H,23,24). The third-order valence-corrected chi connectivity index (χ3v) is 6.53. The van der Waals surface area contributed by atoms with Gasteiger partial charge < -0.3 is 19.9 Å². The van der Waals surface area contributed by atoms with E-state index < -0.39 is 5.60 Å². The van der Waals surface area contributed by atoms with Crippen molar-refractivity contribution < 1.29 is 9.53 Å². The summed E-state index contributed by atoms with van der Waals surface area (Å²) in [7, 11) is 1.88. The van der Waals surface area contributed by atoms with Crippen molar-refractivity contribution in [3.63, 3.8) is 0 Å². The Labute approximate surface area is 182 Å². The molecule has 0 aromatic rings. The SMILES string of the molecule is CCN(CC1CCN(C(=NC)NCC2CN3CCN2CC3)CC1)C(=O)OC(C)(C)C. The molecule has 4 rings (SSSR count). The number of piperidine rings is 1. The van der Waals surface area contributed by atoms with E-state index in [2.05, 4.69) is 25.0 Å². The number of piperazine rings is 3. The molecule has 1 unspecified atom stereocenters. The number of hydrogen-bond acceptors (Lipinski definition) is 5. The predicted molar refractivity (Wildman–Crippen MR) is 121 cm³/mol. The van der Waals surface area contributed by atoms with Crippen LogP contribution in [-0.2, 0) is 4.74 Å². The van der Waals surface area contributed by atoms with Crippen molar-refractivity contribution in [1.82, 2.24) is 24.9 Å². The summed E-state index contributed by atoms with van der Waals surface area (Å²) in [6, 6.07) is 0.591. The van der Waals surface area contributed by atoms with Gasteiger partial charge in [-0.3, -0.25) is 14.8 Å². The van der Waals surface area contributed by atoms with Crippen molar-refractivity contribution in [2.75, 3.05) is 72.5 Å². The molecule has 1 atom stereocenters. The van der Waals surface area contributed by atoms with Crippen LogP contribution in [0.15, 0.2) is 4.99 Å². The Balaban J connectivity index is 1.42. The molecule has 0 radical (unpaired) electrons. The van der Waals surface area contributed by atoms with E-state index in [0.717, 1.165) is 45.0 Å². The smallest absolute Gasteiger partial charge is 0.410 e. The average molecular weight is 423 g/mol. The van der Waals surface area contributed by atoms with E-state index in [1.54, 1.807) is 0 Å². The lowest BCUT2D eigenvalue weighted by Gasteiger charge is -2.47. The maximum Gasteiger partial charge on any atom is 0.410 e. The molecule has 0 aromatic heterocycles. The number of likely N-dealkylation sites (tertiary alicyclic amines) is 1. The van der Waals surface area contributed by atoms with E-state index in [1.165, 1.54) is 32.7 Å². The van der Waals surface area contributed by atoms with Crippen molar-refractivity contribution in [2.45, 2.75) is 52.2 Å². The number of guanidine groups is 1. The lowest BCUT2D eigenvalue weighted by atomic mass is 9.96. The monoisotopic (exact) mass is 422 g/mol. The fourth-order valence-electron chi connectivity index (χ4n) is 4.76. The molecule has 4 aliphatic rings. The number of aliphatic imine (C=N–C) groups is 1. The lowest BCUT2D eigenvalue weighted by molar-refractivity contribution is 0.0150. The van der Waals surface area contributed by atoms with Crippen molar-refractivity contribution in [3.05, 3.63) is 0 Å². The zero-order chi connectivity index (χ0) is 21.7. The van der Waals surface area contributed by atoms with Crippen LogP contribution >= 0.6 is 0 Å². The van der Waals surface area contributed by atoms with Crippen LogP contribution in [0.25, 0.3) is 0 Å². The van der Waals surface area contributed by atoms with Crippen LogP contribution in [0, 0.1) is 5.92 Å². The first-order valence-electron chi connectivity index (χ1n) is 11.7. The number of fused-ring (bicyclic) bond motifs is 3. The summed E-state index contributed by atoms with van der Waals surface area (Å²) in [6.07, 6.45) is 1.95. The number of carbonyl (C=O) groups excluding carboxylic acids is 1. The minimum absolute atomic E-state index is 0.197. The first-order chi connectivity index (χ1) is 14.3. The number of nitrogens with one attached hydrogen (secondary N) is 1. The van der Waals surface area contributed by atoms with Gasteiger partial charge in [0.25, 0.3) is 0 Å². The van der Waals surface area contributed by atoms with E-state index in [0.29, 0.717) is 18.5 Å². The third-order valence-electron chi connectivity index (χ3n) is 6.53. The number of amides is 1. The summed E-state index contributed by atoms with van der Waals surface area (Å²) in [4.78, 5) is 26.4. The summed E-state index contributed by atoms with van der Waals surface area (Å²) >= 11 is 0. The second-order valence-electron chi connectivity index (χ2n) is 9.87. The molecular weight excluding hydrogens is 380 g/mol. The Hall–Kier alpha value is -1.54. The van der Waals surface area contributed by atoms with Gasteiger partial charge in [0.15, 0.2) is 5.96 Å². The lowest BCUT2D eigenvalue weighted by Crippen LogP contribution is -2.64. The van der Waals surface area contributed by atoms with E-state index in [4.69, 9.17) is 4.74 Å². The molecule has 4 heterocycles. The summed E-state index contributed by atoms with van der Waals surface area (Å²) in [5, 5.41) is 3.63. The normalized spacial score (nSPS) is 27.8. The molecule has 4 aliphatic heterocycles. The van der Waals surface area contributed by atoms with Gasteiger partial charge in [-0.05, 0) is 46.5 Å². The van der Waals surface area contributed by atoms with Gasteiger partial charge >= 0.3 is 6.09 Å². The molecule has 0 spiro atoms. The van der Waals surface area contributed by atoms with Crippen LogP contribution in [0.1, 0.15) is 40.5 Å². The number of hydrogen-bond donors (Lipinski definition) is 1. The van der Waals surface area contributed by atoms with E-state index in [1.807, 2.05) is 39.6 Å². The van der Waals surface area contributed by atoms with Crippen molar-refractivity contribution in [2.24, 2.45) is 10.9 Å². The third kappa shape index (κ3) is 6.23. The minimum atomic E-state index is -0.447. The van der Waals surface area contributed by atoms with Gasteiger partial charge in [-0.25, -0.2) is 4.79 Å². The van der Waals surface area contributed by atoms with Crippen molar-refractivity contribution >= 4 is 12.1 Å². The summed E-state index contributed by atoms with van der Waals surface area (Å²) < 4.78 is 5.56. The number of ether oxygens (including phenoxy) is 1. The van der Waals surface area contributed by atoms with Gasteiger partial charge in [-0.1, -0.05) is 0 Å². The molecule has 2 bridgehead atoms. The van der Waals surface area contributed by atoms with Gasteiger partial charge in [-0.2, -0.15) is 0 Å². The Morgan fingerprint density at radius 3 is 2.30 bits per heavy atom. The molecule has 30 heavy (non-hydrogen) atoms. The highest BCUT2D eigenvalue weighted by atomic mass is 16.6. The van der Waals surface area contributed by atoms with Gasteiger partial charge in [0.05, 0.1) is 0 Å². The molecule has 1 N–H and O–H groups in total. The maximum atomic E-state index is 12.4. The Bertz CT molecular complexity index is 589. The van der Waals surface area contributed by atoms with Crippen LogP contribution in [0.4, 0.5) is 4.79 Å². The fourth-order valence-corrected chi connectivity index (χ4v) is 4.76. The quantitative estimate of drug-likeness (QED) is 0.536. The van der Waals surface area contributed by atoms with Crippen LogP contribution in [0.5, 0.6) is 0 Å². The van der Waals surface area contributed by atoms with Gasteiger partial charge in [0.2, 0.25) is 0 Å². The highest BCUT2D eigenvalue weighted by Crippen LogP contribution is 2.20. The summed E-state index contributed by atoms with van der Waals surface area (Å²) in [5.41, 5.74) is -0.447. The molecule has 172 valence electrons. The molecule has 0 aromatic carbocycles. The molecule has 8 nitrogen and oxygen atoms in total. The van der Waals surface area contributed by atoms with Gasteiger partial charge in [0.1, 0.15) is 5.60 Å². The zero-order valence-electron chi connectivity index (χ0n) is 19.7. The highest BCUT2D eigenvalue weighted by molar-refractivity contribution is 5.80. The minimum Gasteiger partial charge on any atom is -0.444 e. The second-order valence-corrected chi connectivity index (χ2v) is 9.87. The topological polar surface area (TPSA) is 63.7 Å². The first-order valence-corrected chi connectivity index (χ1v) is 11.7. The Morgan fingerprint density at radius 2 is 1.80 bits per heavy atom. The number of nitrogens with zero attached hydrogens (tertiary/aromatic N) is 5. The van der Waals surface area contributed by atoms with Crippen LogP contribution < -0.4 is 5.32 Å². The van der Waals surface area contributed by atoms with Crippen molar-refractivity contribution in [1.29, 1.82) is 0 Å². The number of rotatable bonds is 5. The summed E-state index contributed by atoms with van der Waals surface area (Å²) in [6.45, 7) is 18.2. The Morgan fingerprint density at radius 1 is 1.13 bits per heavy atom. The Kier molecular flexibility index (Phi) is 7.85. The highest BCUT2D eigenvalue weighted by Gasteiger charge is 2.32. The van der Waals surface area contributed by atoms with E-state index >= 15 is 0 Å². The molecule has 4 fully saturated rings. The molecule has 8 heteroatoms. The average Bonchev–Trinajstić information content (AvgIpc) is 2.73. The van der Waals surface area contributed by atoms with E-state index in [-0.39, 0.29) is 6.09 Å². The van der Waals surface area contributed by atoms with E-state index in [9.17, 15) is 4.79 Å². The molecule has 1 amide bonds. The molecule has 4 saturated heterocycles. The number of carbonyl (C=O) groups is 1. The van der Waals surface area contributed by atoms with Gasteiger partial charge in [0, 0.05) is 78.5 Å². The van der Waals surface area contributed by atoms with Crippen LogP contribution in [0.2, 0.25) is 0 Å². The molecule has 0 aliphatic carbocycles. The fraction of sp³-hybridized carbons (Fsp3) is 0.909. The first kappa shape index (κ1) is 23.1. The van der Waals surface area contributed by atoms with Gasteiger partial charge in [-0.15, -0.1) is 0 Å². The molecule has 0 saturated carbocycles. The summed E-state index contributed by atoms with van der Waals surface area (Å²) in [5.74, 6) is 1.53. The van der Waals surface area contributed by atoms with Crippen LogP contribution in [-0.4, -0.2) is 116 Å². The largest absolute Gasteiger partial charge is 0.444 e. The second kappa shape index (κ2) is 10.2. The van der Waals surface area contributed by atoms with Crippen LogP contribution in [0.3, 0.4) is 0 Å².